The van der Waals surface area contributed by atoms with Crippen LogP contribution in [0.1, 0.15) is 342 Å². The topological polar surface area (TPSA) is 231 Å². The van der Waals surface area contributed by atoms with E-state index in [4.69, 9.17) is 32.3 Å². The lowest BCUT2D eigenvalue weighted by molar-refractivity contribution is -0.161. The van der Waals surface area contributed by atoms with Crippen LogP contribution in [-0.4, -0.2) is 95.9 Å². The van der Waals surface area contributed by atoms with Crippen LogP contribution in [0.15, 0.2) is 146 Å². The number of aliphatic hydroxyl groups is 2. The van der Waals surface area contributed by atoms with Gasteiger partial charge in [-0.25, -0.2) is 9.13 Å². The van der Waals surface area contributed by atoms with Gasteiger partial charge in [0.1, 0.15) is 25.4 Å². The minimum atomic E-state index is -4.94. The van der Waals surface area contributed by atoms with Crippen LogP contribution in [0.5, 0.6) is 0 Å². The standard InChI is InChI=1S/C89H152O16P2/c1-4-7-10-13-16-19-22-25-27-29-31-33-35-37-39-41-43-45-47-49-51-53-55-58-60-63-66-69-72-75-87(92)99-78-84(90)79-101-106(95,96)102-80-85(91)81-103-107(97,98)104-83-86(105-89(94)77-74-71-68-65-62-57-24-21-18-15-12-9-6-3)82-100-88(93)76-73-70-67-64-61-59-56-54-52-50-48-46-44-42-40-38-36-34-32-30-28-26-23-20-17-14-11-8-5-2/h7-8,10-12,15-17,19-21,24-28,31-34,37-40,84-86,90-91H,4-6,9,13-14,18,22-23,29-30,35-36,41-83H2,1-3H3,(H,95,96)(H,97,98)/b10-7-,11-8-,15-12-,19-16-,20-17-,24-21-,27-25-,28-26-,33-31-,34-32-,39-37-,40-38-. The Balaban J connectivity index is 4.47. The summed E-state index contributed by atoms with van der Waals surface area (Å²) in [6, 6.07) is 0. The number of unbranched alkanes of at least 4 members (excludes halogenated alkanes) is 32. The SMILES string of the molecule is CC/C=C\C/C=C\C/C=C\C/C=C\C/C=C\CCCCCCCCCCCCCCCC(=O)OCC(O)COP(=O)(O)OCC(O)COP(=O)(O)OCC(COC(=O)CCCCCCCCCCCCCCC/C=C\C/C=C\C/C=C\C/C=C\C/C=C\CC)OC(=O)CCCCCCC/C=C\C/C=C\CCC. The normalized spacial score (nSPS) is 14.6. The first-order valence-corrected chi connectivity index (χ1v) is 45.1. The van der Waals surface area contributed by atoms with Crippen molar-refractivity contribution in [2.24, 2.45) is 0 Å². The van der Waals surface area contributed by atoms with E-state index >= 15 is 0 Å². The van der Waals surface area contributed by atoms with E-state index in [0.29, 0.717) is 19.3 Å². The number of esters is 3. The van der Waals surface area contributed by atoms with E-state index in [1.54, 1.807) is 0 Å². The molecule has 18 heteroatoms. The quantitative estimate of drug-likeness (QED) is 0.0146. The average Bonchev–Trinajstić information content (AvgIpc) is 0.909. The molecule has 4 N–H and O–H groups in total. The molecule has 0 saturated carbocycles. The van der Waals surface area contributed by atoms with Gasteiger partial charge in [0.15, 0.2) is 6.10 Å². The minimum Gasteiger partial charge on any atom is -0.463 e. The van der Waals surface area contributed by atoms with Crippen molar-refractivity contribution >= 4 is 33.6 Å². The highest BCUT2D eigenvalue weighted by atomic mass is 31.2. The molecule has 0 fully saturated rings. The summed E-state index contributed by atoms with van der Waals surface area (Å²) in [5.41, 5.74) is 0. The van der Waals surface area contributed by atoms with Crippen LogP contribution in [-0.2, 0) is 55.8 Å². The third kappa shape index (κ3) is 82.2. The monoisotopic (exact) mass is 1540 g/mol. The summed E-state index contributed by atoms with van der Waals surface area (Å²) in [5.74, 6) is -1.59. The zero-order chi connectivity index (χ0) is 78.0. The number of aliphatic hydroxyl groups excluding tert-OH is 2. The van der Waals surface area contributed by atoms with Crippen molar-refractivity contribution in [3.63, 3.8) is 0 Å². The maximum Gasteiger partial charge on any atom is 0.472 e. The Morgan fingerprint density at radius 2 is 0.495 bits per heavy atom. The molecule has 5 atom stereocenters. The van der Waals surface area contributed by atoms with Crippen LogP contribution in [0.2, 0.25) is 0 Å². The number of phosphoric ester groups is 2. The predicted molar refractivity (Wildman–Crippen MR) is 445 cm³/mol. The van der Waals surface area contributed by atoms with Crippen molar-refractivity contribution in [1.29, 1.82) is 0 Å². The van der Waals surface area contributed by atoms with Crippen LogP contribution in [0.4, 0.5) is 0 Å². The summed E-state index contributed by atoms with van der Waals surface area (Å²) in [4.78, 5) is 58.7. The first-order valence-electron chi connectivity index (χ1n) is 42.1. The average molecular weight is 1540 g/mol. The van der Waals surface area contributed by atoms with Gasteiger partial charge < -0.3 is 34.2 Å². The number of ether oxygens (including phenoxy) is 3. The highest BCUT2D eigenvalue weighted by molar-refractivity contribution is 7.47. The van der Waals surface area contributed by atoms with Gasteiger partial charge in [-0.3, -0.25) is 32.5 Å². The Morgan fingerprint density at radius 1 is 0.271 bits per heavy atom. The maximum absolute atomic E-state index is 13.0. The van der Waals surface area contributed by atoms with Crippen LogP contribution in [0.25, 0.3) is 0 Å². The van der Waals surface area contributed by atoms with E-state index < -0.39 is 91.5 Å². The molecule has 107 heavy (non-hydrogen) atoms. The van der Waals surface area contributed by atoms with Gasteiger partial charge in [0.05, 0.1) is 26.4 Å². The van der Waals surface area contributed by atoms with E-state index in [1.807, 2.05) is 0 Å². The Hall–Kier alpha value is -4.57. The van der Waals surface area contributed by atoms with Gasteiger partial charge in [-0.1, -0.05) is 334 Å². The lowest BCUT2D eigenvalue weighted by Crippen LogP contribution is -2.30. The maximum atomic E-state index is 13.0. The van der Waals surface area contributed by atoms with E-state index in [-0.39, 0.29) is 19.3 Å². The van der Waals surface area contributed by atoms with Crippen molar-refractivity contribution < 1.29 is 75.8 Å². The van der Waals surface area contributed by atoms with Gasteiger partial charge in [0.2, 0.25) is 0 Å². The molecule has 0 bridgehead atoms. The van der Waals surface area contributed by atoms with Crippen molar-refractivity contribution in [2.45, 2.75) is 360 Å². The third-order valence-electron chi connectivity index (χ3n) is 17.5. The second kappa shape index (κ2) is 80.9. The van der Waals surface area contributed by atoms with Gasteiger partial charge in [0.25, 0.3) is 0 Å². The number of rotatable bonds is 79. The van der Waals surface area contributed by atoms with Crippen LogP contribution in [0.3, 0.4) is 0 Å². The van der Waals surface area contributed by atoms with Gasteiger partial charge in [-0.05, 0) is 135 Å². The Labute approximate surface area is 651 Å². The molecule has 0 aliphatic rings. The number of phosphoric acid groups is 2. The summed E-state index contributed by atoms with van der Waals surface area (Å²) in [6.45, 7) is 2.39. The fraction of sp³-hybridized carbons (Fsp3) is 0.697. The molecular formula is C89H152O16P2. The van der Waals surface area contributed by atoms with Gasteiger partial charge in [-0.15, -0.1) is 0 Å². The molecule has 5 unspecified atom stereocenters. The Kier molecular flexibility index (Phi) is 77.5. The van der Waals surface area contributed by atoms with Gasteiger partial charge >= 0.3 is 33.6 Å². The molecule has 0 aromatic carbocycles. The molecule has 16 nitrogen and oxygen atoms in total. The number of hydrogen-bond acceptors (Lipinski definition) is 14. The summed E-state index contributed by atoms with van der Waals surface area (Å²) >= 11 is 0. The summed E-state index contributed by atoms with van der Waals surface area (Å²) in [6.07, 6.45) is 101. The van der Waals surface area contributed by atoms with Crippen LogP contribution in [0, 0.1) is 0 Å². The van der Waals surface area contributed by atoms with Crippen molar-refractivity contribution in [2.75, 3.05) is 39.6 Å². The fourth-order valence-electron chi connectivity index (χ4n) is 11.2. The molecule has 0 radical (unpaired) electrons. The molecule has 0 amide bonds. The van der Waals surface area contributed by atoms with E-state index in [9.17, 15) is 43.5 Å². The Bertz CT molecular complexity index is 2530. The Morgan fingerprint density at radius 3 is 0.785 bits per heavy atom. The first kappa shape index (κ1) is 102. The van der Waals surface area contributed by atoms with Crippen molar-refractivity contribution in [1.82, 2.24) is 0 Å². The summed E-state index contributed by atoms with van der Waals surface area (Å²) < 4.78 is 61.2. The molecule has 0 aromatic rings. The molecule has 0 aromatic heterocycles. The third-order valence-corrected chi connectivity index (χ3v) is 19.4. The van der Waals surface area contributed by atoms with Crippen LogP contribution >= 0.6 is 15.6 Å². The van der Waals surface area contributed by atoms with Gasteiger partial charge in [-0.2, -0.15) is 0 Å². The van der Waals surface area contributed by atoms with E-state index in [0.717, 1.165) is 173 Å². The predicted octanol–water partition coefficient (Wildman–Crippen LogP) is 25.2. The summed E-state index contributed by atoms with van der Waals surface area (Å²) in [7, 11) is -9.80. The molecule has 0 aliphatic carbocycles. The fourth-order valence-corrected chi connectivity index (χ4v) is 12.8. The molecule has 0 heterocycles. The largest absolute Gasteiger partial charge is 0.472 e. The van der Waals surface area contributed by atoms with Crippen LogP contribution < -0.4 is 0 Å². The zero-order valence-corrected chi connectivity index (χ0v) is 69.1. The van der Waals surface area contributed by atoms with E-state index in [1.165, 1.54) is 109 Å². The second-order valence-electron chi connectivity index (χ2n) is 27.9. The molecule has 0 spiro atoms. The minimum absolute atomic E-state index is 0.0863. The zero-order valence-electron chi connectivity index (χ0n) is 67.3. The lowest BCUT2D eigenvalue weighted by Gasteiger charge is -2.21. The highest BCUT2D eigenvalue weighted by Crippen LogP contribution is 2.45. The molecular weight excluding hydrogens is 1390 g/mol. The summed E-state index contributed by atoms with van der Waals surface area (Å²) in [5, 5.41) is 20.7. The smallest absolute Gasteiger partial charge is 0.463 e. The lowest BCUT2D eigenvalue weighted by atomic mass is 10.0. The molecule has 0 rings (SSSR count). The van der Waals surface area contributed by atoms with Crippen molar-refractivity contribution in [3.05, 3.63) is 146 Å². The highest BCUT2D eigenvalue weighted by Gasteiger charge is 2.29. The first-order chi connectivity index (χ1) is 52.2. The molecule has 0 aliphatic heterocycles. The van der Waals surface area contributed by atoms with Gasteiger partial charge in [0, 0.05) is 19.3 Å². The second-order valence-corrected chi connectivity index (χ2v) is 30.8. The van der Waals surface area contributed by atoms with E-state index in [2.05, 4.69) is 167 Å². The number of carbonyl (C=O) groups excluding carboxylic acids is 3. The number of hydrogen-bond donors (Lipinski definition) is 4. The molecule has 0 saturated heterocycles. The molecule has 614 valence electrons. The van der Waals surface area contributed by atoms with Crippen molar-refractivity contribution in [3.8, 4) is 0 Å². The number of allylic oxidation sites excluding steroid dienone is 24. The number of carbonyl (C=O) groups is 3.